The smallest absolute Gasteiger partial charge is 0.201 e. The van der Waals surface area contributed by atoms with Crippen molar-refractivity contribution in [3.63, 3.8) is 0 Å². The van der Waals surface area contributed by atoms with E-state index in [4.69, 9.17) is 33.8 Å². The molecular formula is C12H10Cl2F2N2O. The molecule has 0 spiro atoms. The van der Waals surface area contributed by atoms with Gasteiger partial charge in [-0.05, 0) is 24.3 Å². The van der Waals surface area contributed by atoms with Gasteiger partial charge in [0.05, 0.1) is 11.4 Å². The van der Waals surface area contributed by atoms with Crippen LogP contribution in [0, 0.1) is 11.6 Å². The third-order valence-corrected chi connectivity index (χ3v) is 3.26. The summed E-state index contributed by atoms with van der Waals surface area (Å²) in [5.74, 6) is 3.21. The normalized spacial score (nSPS) is 22.8. The highest BCUT2D eigenvalue weighted by atomic mass is 35.5. The minimum Gasteiger partial charge on any atom is -0.454 e. The Morgan fingerprint density at radius 2 is 2.05 bits per heavy atom. The summed E-state index contributed by atoms with van der Waals surface area (Å²) in [4.78, 5) is 0. The molecule has 102 valence electrons. The van der Waals surface area contributed by atoms with Gasteiger partial charge in [-0.1, -0.05) is 17.7 Å². The molecule has 0 radical (unpaired) electrons. The fraction of sp³-hybridized carbons (Fsp3) is 0.167. The third-order valence-electron chi connectivity index (χ3n) is 2.54. The second-order valence-corrected chi connectivity index (χ2v) is 4.78. The Labute approximate surface area is 118 Å². The maximum absolute atomic E-state index is 13.4. The largest absolute Gasteiger partial charge is 0.454 e. The van der Waals surface area contributed by atoms with Gasteiger partial charge >= 0.3 is 0 Å². The average molecular weight is 307 g/mol. The van der Waals surface area contributed by atoms with Gasteiger partial charge in [-0.2, -0.15) is 4.39 Å². The maximum Gasteiger partial charge on any atom is 0.201 e. The lowest BCUT2D eigenvalue weighted by Crippen LogP contribution is -2.42. The van der Waals surface area contributed by atoms with E-state index in [-0.39, 0.29) is 11.5 Å². The van der Waals surface area contributed by atoms with Crippen LogP contribution in [0.3, 0.4) is 0 Å². The Morgan fingerprint density at radius 3 is 2.68 bits per heavy atom. The van der Waals surface area contributed by atoms with Crippen molar-refractivity contribution < 1.29 is 13.5 Å². The molecule has 0 aromatic heterocycles. The molecular weight excluding hydrogens is 297 g/mol. The summed E-state index contributed by atoms with van der Waals surface area (Å²) in [6, 6.07) is 3.19. The fourth-order valence-electron chi connectivity index (χ4n) is 1.60. The second-order valence-electron chi connectivity index (χ2n) is 3.84. The van der Waals surface area contributed by atoms with Crippen LogP contribution in [-0.2, 0) is 0 Å². The standard InChI is InChI=1S/C12H10Cl2F2N2O/c13-7-4-6(5-8(14)12(7)18-17)19-10-3-1-2-9(15)11(10)16/h1-5,7,12,18H,17H2/t7?,12-/m0/s1. The summed E-state index contributed by atoms with van der Waals surface area (Å²) in [7, 11) is 0. The van der Waals surface area contributed by atoms with Crippen molar-refractivity contribution in [2.45, 2.75) is 11.4 Å². The number of hydrogen-bond acceptors (Lipinski definition) is 3. The van der Waals surface area contributed by atoms with Crippen LogP contribution in [0.4, 0.5) is 8.78 Å². The average Bonchev–Trinajstić information content (AvgIpc) is 2.35. The molecule has 1 aliphatic carbocycles. The van der Waals surface area contributed by atoms with Crippen LogP contribution >= 0.6 is 23.2 Å². The maximum atomic E-state index is 13.4. The number of ether oxygens (including phenoxy) is 1. The van der Waals surface area contributed by atoms with Crippen molar-refractivity contribution in [1.29, 1.82) is 0 Å². The predicted octanol–water partition coefficient (Wildman–Crippen LogP) is 2.80. The van der Waals surface area contributed by atoms with Crippen molar-refractivity contribution in [3.05, 3.63) is 52.8 Å². The molecule has 3 nitrogen and oxygen atoms in total. The molecule has 2 atom stereocenters. The van der Waals surface area contributed by atoms with Crippen LogP contribution in [0.1, 0.15) is 0 Å². The minimum absolute atomic E-state index is 0.223. The van der Waals surface area contributed by atoms with Crippen molar-refractivity contribution >= 4 is 23.2 Å². The molecule has 1 unspecified atom stereocenters. The Bertz CT molecular complexity index is 549. The van der Waals surface area contributed by atoms with Gasteiger partial charge in [0, 0.05) is 5.03 Å². The first-order valence-electron chi connectivity index (χ1n) is 5.34. The molecule has 0 heterocycles. The minimum atomic E-state index is -1.07. The van der Waals surface area contributed by atoms with E-state index >= 15 is 0 Å². The molecule has 0 fully saturated rings. The zero-order valence-corrected chi connectivity index (χ0v) is 11.1. The van der Waals surface area contributed by atoms with E-state index in [0.717, 1.165) is 6.07 Å². The molecule has 1 aromatic rings. The SMILES string of the molecule is NN[C@@H]1C(Cl)=CC(Oc2cccc(F)c2F)=CC1Cl. The Hall–Kier alpha value is -1.14. The molecule has 19 heavy (non-hydrogen) atoms. The van der Waals surface area contributed by atoms with E-state index in [1.165, 1.54) is 24.3 Å². The summed E-state index contributed by atoms with van der Waals surface area (Å²) >= 11 is 12.0. The highest BCUT2D eigenvalue weighted by Crippen LogP contribution is 2.28. The Balaban J connectivity index is 2.23. The van der Waals surface area contributed by atoms with Gasteiger partial charge in [-0.25, -0.2) is 4.39 Å². The summed E-state index contributed by atoms with van der Waals surface area (Å²) in [5, 5.41) is -0.245. The van der Waals surface area contributed by atoms with Crippen LogP contribution in [-0.4, -0.2) is 11.4 Å². The Kier molecular flexibility index (Phi) is 4.42. The zero-order chi connectivity index (χ0) is 14.0. The second kappa shape index (κ2) is 5.88. The van der Waals surface area contributed by atoms with Crippen molar-refractivity contribution in [2.75, 3.05) is 0 Å². The number of hydrazine groups is 1. The summed E-state index contributed by atoms with van der Waals surface area (Å²) in [6.45, 7) is 0. The molecule has 0 amide bonds. The summed E-state index contributed by atoms with van der Waals surface area (Å²) < 4.78 is 31.7. The molecule has 0 aliphatic heterocycles. The van der Waals surface area contributed by atoms with Crippen molar-refractivity contribution in [3.8, 4) is 5.75 Å². The number of halogens is 4. The summed E-state index contributed by atoms with van der Waals surface area (Å²) in [6.07, 6.45) is 2.94. The van der Waals surface area contributed by atoms with Crippen LogP contribution < -0.4 is 16.0 Å². The van der Waals surface area contributed by atoms with Gasteiger partial charge in [-0.15, -0.1) is 11.6 Å². The van der Waals surface area contributed by atoms with Crippen molar-refractivity contribution in [2.24, 2.45) is 5.84 Å². The van der Waals surface area contributed by atoms with Gasteiger partial charge in [0.2, 0.25) is 5.82 Å². The van der Waals surface area contributed by atoms with Gasteiger partial charge < -0.3 is 4.74 Å². The quantitative estimate of drug-likeness (QED) is 0.513. The van der Waals surface area contributed by atoms with Crippen LogP contribution in [0.5, 0.6) is 5.75 Å². The lowest BCUT2D eigenvalue weighted by Gasteiger charge is -2.23. The molecule has 1 aromatic carbocycles. The molecule has 0 saturated heterocycles. The number of benzene rings is 1. The number of hydrogen-bond donors (Lipinski definition) is 2. The number of nitrogens with two attached hydrogens (primary N) is 1. The van der Waals surface area contributed by atoms with Crippen LogP contribution in [0.2, 0.25) is 0 Å². The molecule has 0 bridgehead atoms. The highest BCUT2D eigenvalue weighted by Gasteiger charge is 2.25. The summed E-state index contributed by atoms with van der Waals surface area (Å²) in [5.41, 5.74) is 2.44. The first kappa shape index (κ1) is 14.3. The third kappa shape index (κ3) is 3.06. The van der Waals surface area contributed by atoms with E-state index in [2.05, 4.69) is 5.43 Å². The van der Waals surface area contributed by atoms with E-state index in [0.29, 0.717) is 5.03 Å². The van der Waals surface area contributed by atoms with Crippen LogP contribution in [0.25, 0.3) is 0 Å². The Morgan fingerprint density at radius 1 is 1.32 bits per heavy atom. The highest BCUT2D eigenvalue weighted by molar-refractivity contribution is 6.32. The van der Waals surface area contributed by atoms with Gasteiger partial charge in [-0.3, -0.25) is 11.3 Å². The van der Waals surface area contributed by atoms with E-state index in [1.54, 1.807) is 0 Å². The molecule has 0 saturated carbocycles. The number of alkyl halides is 1. The van der Waals surface area contributed by atoms with E-state index in [9.17, 15) is 8.78 Å². The molecule has 1 aliphatic rings. The van der Waals surface area contributed by atoms with Crippen LogP contribution in [0.15, 0.2) is 41.1 Å². The van der Waals surface area contributed by atoms with Crippen molar-refractivity contribution in [1.82, 2.24) is 5.43 Å². The monoisotopic (exact) mass is 306 g/mol. The van der Waals surface area contributed by atoms with Gasteiger partial charge in [0.1, 0.15) is 5.76 Å². The topological polar surface area (TPSA) is 47.3 Å². The van der Waals surface area contributed by atoms with E-state index < -0.39 is 23.1 Å². The lowest BCUT2D eigenvalue weighted by atomic mass is 10.1. The van der Waals surface area contributed by atoms with Gasteiger partial charge in [0.15, 0.2) is 11.6 Å². The molecule has 3 N–H and O–H groups in total. The first-order valence-corrected chi connectivity index (χ1v) is 6.15. The molecule has 7 heteroatoms. The number of rotatable bonds is 3. The zero-order valence-electron chi connectivity index (χ0n) is 9.54. The fourth-order valence-corrected chi connectivity index (χ4v) is 2.31. The lowest BCUT2D eigenvalue weighted by molar-refractivity contribution is 0.387. The van der Waals surface area contributed by atoms with Gasteiger partial charge in [0.25, 0.3) is 0 Å². The number of allylic oxidation sites excluding steroid dienone is 1. The molecule has 2 rings (SSSR count). The first-order chi connectivity index (χ1) is 9.02. The number of nitrogens with one attached hydrogen (secondary N) is 1. The van der Waals surface area contributed by atoms with E-state index in [1.807, 2.05) is 0 Å². The predicted molar refractivity (Wildman–Crippen MR) is 69.8 cm³/mol.